The van der Waals surface area contributed by atoms with Crippen molar-refractivity contribution in [3.63, 3.8) is 0 Å². The van der Waals surface area contributed by atoms with Crippen LogP contribution in [-0.4, -0.2) is 40.2 Å². The molecule has 2 amide bonds. The highest BCUT2D eigenvalue weighted by Crippen LogP contribution is 2.27. The quantitative estimate of drug-likeness (QED) is 0.437. The monoisotopic (exact) mass is 425 g/mol. The van der Waals surface area contributed by atoms with E-state index < -0.39 is 16.7 Å². The number of amides is 2. The van der Waals surface area contributed by atoms with Crippen molar-refractivity contribution in [2.75, 3.05) is 13.7 Å². The molecule has 0 spiro atoms. The van der Waals surface area contributed by atoms with Crippen LogP contribution in [0.15, 0.2) is 54.7 Å². The molecule has 0 saturated carbocycles. The Balaban J connectivity index is 1.66. The molecule has 3 rings (SSSR count). The molecule has 2 aromatic carbocycles. The molecule has 1 aromatic heterocycles. The number of ether oxygens (including phenoxy) is 2. The molecule has 0 aliphatic heterocycles. The second-order valence-corrected chi connectivity index (χ2v) is 6.13. The lowest BCUT2D eigenvalue weighted by Gasteiger charge is -2.11. The van der Waals surface area contributed by atoms with Gasteiger partial charge in [0.05, 0.1) is 24.3 Å². The van der Waals surface area contributed by atoms with Gasteiger partial charge in [0, 0.05) is 23.9 Å². The van der Waals surface area contributed by atoms with Crippen molar-refractivity contribution in [2.24, 2.45) is 0 Å². The Kier molecular flexibility index (Phi) is 6.45. The summed E-state index contributed by atoms with van der Waals surface area (Å²) in [6.07, 6.45) is 1.48. The van der Waals surface area contributed by atoms with Crippen LogP contribution in [0.5, 0.6) is 11.5 Å². The minimum absolute atomic E-state index is 0.0103. The Morgan fingerprint density at radius 2 is 1.87 bits per heavy atom. The Labute approximate surface area is 176 Å². The normalized spacial score (nSPS) is 10.3. The predicted octanol–water partition coefficient (Wildman–Crippen LogP) is 2.26. The van der Waals surface area contributed by atoms with Gasteiger partial charge < -0.3 is 9.47 Å². The van der Waals surface area contributed by atoms with Crippen LogP contribution in [-0.2, 0) is 0 Å². The number of hydrazine groups is 1. The molecule has 11 nitrogen and oxygen atoms in total. The number of aromatic nitrogens is 2. The van der Waals surface area contributed by atoms with E-state index in [9.17, 15) is 19.7 Å². The first-order chi connectivity index (χ1) is 14.9. The third-order valence-corrected chi connectivity index (χ3v) is 4.14. The maximum atomic E-state index is 12.3. The predicted molar refractivity (Wildman–Crippen MR) is 109 cm³/mol. The third kappa shape index (κ3) is 4.96. The molecule has 0 bridgehead atoms. The van der Waals surface area contributed by atoms with Crippen molar-refractivity contribution < 1.29 is 24.0 Å². The third-order valence-electron chi connectivity index (χ3n) is 4.14. The zero-order valence-electron chi connectivity index (χ0n) is 16.7. The highest BCUT2D eigenvalue weighted by atomic mass is 16.6. The van der Waals surface area contributed by atoms with Crippen LogP contribution in [0.4, 0.5) is 5.69 Å². The summed E-state index contributed by atoms with van der Waals surface area (Å²) in [5.74, 6) is -0.336. The van der Waals surface area contributed by atoms with Gasteiger partial charge in [-0.25, -0.2) is 4.68 Å². The minimum Gasteiger partial charge on any atom is -0.493 e. The summed E-state index contributed by atoms with van der Waals surface area (Å²) < 4.78 is 11.9. The summed E-state index contributed by atoms with van der Waals surface area (Å²) in [6, 6.07) is 11.8. The highest BCUT2D eigenvalue weighted by molar-refractivity contribution is 5.98. The number of benzene rings is 2. The average Bonchev–Trinajstić information content (AvgIpc) is 3.28. The summed E-state index contributed by atoms with van der Waals surface area (Å²) in [4.78, 5) is 35.0. The summed E-state index contributed by atoms with van der Waals surface area (Å²) >= 11 is 0. The number of nitrogens with one attached hydrogen (secondary N) is 2. The van der Waals surface area contributed by atoms with E-state index in [1.165, 1.54) is 54.4 Å². The smallest absolute Gasteiger partial charge is 0.290 e. The average molecular weight is 425 g/mol. The fourth-order valence-electron chi connectivity index (χ4n) is 2.67. The van der Waals surface area contributed by atoms with Crippen molar-refractivity contribution in [1.82, 2.24) is 20.6 Å². The largest absolute Gasteiger partial charge is 0.493 e. The van der Waals surface area contributed by atoms with Gasteiger partial charge in [0.15, 0.2) is 17.2 Å². The summed E-state index contributed by atoms with van der Waals surface area (Å²) in [5, 5.41) is 15.0. The van der Waals surface area contributed by atoms with Crippen LogP contribution >= 0.6 is 0 Å². The van der Waals surface area contributed by atoms with Gasteiger partial charge in [0.25, 0.3) is 17.5 Å². The lowest BCUT2D eigenvalue weighted by atomic mass is 10.2. The molecule has 0 fully saturated rings. The first-order valence-corrected chi connectivity index (χ1v) is 9.15. The lowest BCUT2D eigenvalue weighted by Crippen LogP contribution is -2.41. The Bertz CT molecular complexity index is 1130. The van der Waals surface area contributed by atoms with Gasteiger partial charge in [-0.2, -0.15) is 5.10 Å². The van der Waals surface area contributed by atoms with E-state index in [4.69, 9.17) is 9.47 Å². The lowest BCUT2D eigenvalue weighted by molar-refractivity contribution is -0.384. The molecule has 2 N–H and O–H groups in total. The van der Waals surface area contributed by atoms with E-state index >= 15 is 0 Å². The number of methoxy groups -OCH3 is 1. The van der Waals surface area contributed by atoms with E-state index in [1.807, 2.05) is 6.92 Å². The number of non-ortho nitro benzene ring substituents is 1. The molecular weight excluding hydrogens is 406 g/mol. The topological polar surface area (TPSA) is 138 Å². The number of hydrogen-bond donors (Lipinski definition) is 2. The Morgan fingerprint density at radius 1 is 1.10 bits per heavy atom. The van der Waals surface area contributed by atoms with Gasteiger partial charge in [-0.05, 0) is 37.3 Å². The molecule has 0 radical (unpaired) electrons. The van der Waals surface area contributed by atoms with E-state index in [2.05, 4.69) is 16.0 Å². The first-order valence-electron chi connectivity index (χ1n) is 9.15. The molecular formula is C20H19N5O6. The zero-order valence-corrected chi connectivity index (χ0v) is 16.7. The summed E-state index contributed by atoms with van der Waals surface area (Å²) in [5.41, 5.74) is 5.15. The number of nitrogens with zero attached hydrogens (tertiary/aromatic N) is 3. The van der Waals surface area contributed by atoms with Gasteiger partial charge in [-0.1, -0.05) is 6.07 Å². The maximum Gasteiger partial charge on any atom is 0.290 e. The van der Waals surface area contributed by atoms with Crippen LogP contribution < -0.4 is 20.3 Å². The highest BCUT2D eigenvalue weighted by Gasteiger charge is 2.15. The Morgan fingerprint density at radius 3 is 2.58 bits per heavy atom. The molecule has 0 atom stereocenters. The van der Waals surface area contributed by atoms with Gasteiger partial charge in [0.1, 0.15) is 0 Å². The number of hydrogen-bond acceptors (Lipinski definition) is 7. The van der Waals surface area contributed by atoms with Crippen LogP contribution in [0.2, 0.25) is 0 Å². The summed E-state index contributed by atoms with van der Waals surface area (Å²) in [7, 11) is 1.46. The van der Waals surface area contributed by atoms with Gasteiger partial charge in [0.2, 0.25) is 0 Å². The van der Waals surface area contributed by atoms with Gasteiger partial charge >= 0.3 is 0 Å². The maximum absolute atomic E-state index is 12.3. The van der Waals surface area contributed by atoms with Gasteiger partial charge in [-0.3, -0.25) is 30.6 Å². The molecule has 160 valence electrons. The molecule has 0 aliphatic carbocycles. The SMILES string of the molecule is CCOc1ccc(C(=O)NNC(=O)c2ccn(-c3cccc([N+](=O)[O-])c3)n2)cc1OC. The summed E-state index contributed by atoms with van der Waals surface area (Å²) in [6.45, 7) is 2.27. The van der Waals surface area contributed by atoms with E-state index in [0.29, 0.717) is 23.8 Å². The Hall–Kier alpha value is -4.41. The van der Waals surface area contributed by atoms with Crippen molar-refractivity contribution in [2.45, 2.75) is 6.92 Å². The number of nitro benzene ring substituents is 1. The molecule has 1 heterocycles. The number of rotatable bonds is 7. The second-order valence-electron chi connectivity index (χ2n) is 6.13. The molecule has 0 saturated heterocycles. The fourth-order valence-corrected chi connectivity index (χ4v) is 2.67. The van der Waals surface area contributed by atoms with E-state index in [-0.39, 0.29) is 16.9 Å². The van der Waals surface area contributed by atoms with Crippen LogP contribution in [0.3, 0.4) is 0 Å². The van der Waals surface area contributed by atoms with Crippen LogP contribution in [0.25, 0.3) is 5.69 Å². The molecule has 3 aromatic rings. The fraction of sp³-hybridized carbons (Fsp3) is 0.150. The zero-order chi connectivity index (χ0) is 22.4. The second kappa shape index (κ2) is 9.39. The van der Waals surface area contributed by atoms with Crippen LogP contribution in [0, 0.1) is 10.1 Å². The van der Waals surface area contributed by atoms with Crippen LogP contribution in [0.1, 0.15) is 27.8 Å². The number of carbonyl (C=O) groups is 2. The van der Waals surface area contributed by atoms with E-state index in [0.717, 1.165) is 0 Å². The van der Waals surface area contributed by atoms with Crippen molar-refractivity contribution >= 4 is 17.5 Å². The van der Waals surface area contributed by atoms with Crippen molar-refractivity contribution in [3.05, 3.63) is 76.1 Å². The number of nitro groups is 1. The molecule has 31 heavy (non-hydrogen) atoms. The molecule has 0 aliphatic rings. The first kappa shape index (κ1) is 21.3. The van der Waals surface area contributed by atoms with Crippen molar-refractivity contribution in [3.8, 4) is 17.2 Å². The minimum atomic E-state index is -0.657. The van der Waals surface area contributed by atoms with Gasteiger partial charge in [-0.15, -0.1) is 0 Å². The van der Waals surface area contributed by atoms with E-state index in [1.54, 1.807) is 12.1 Å². The standard InChI is InChI=1S/C20H19N5O6/c1-3-31-17-8-7-13(11-18(17)30-2)19(26)21-22-20(27)16-9-10-24(23-16)14-5-4-6-15(12-14)25(28)29/h4-12H,3H2,1-2H3,(H,21,26)(H,22,27). The number of carbonyl (C=O) groups excluding carboxylic acids is 2. The van der Waals surface area contributed by atoms with Crippen molar-refractivity contribution in [1.29, 1.82) is 0 Å². The molecule has 0 unspecified atom stereocenters. The molecule has 11 heteroatoms.